The van der Waals surface area contributed by atoms with E-state index in [1.807, 2.05) is 0 Å². The van der Waals surface area contributed by atoms with Crippen molar-refractivity contribution in [2.75, 3.05) is 0 Å². The molecule has 14 heteroatoms. The lowest BCUT2D eigenvalue weighted by Crippen LogP contribution is -2.30. The van der Waals surface area contributed by atoms with Gasteiger partial charge in [0, 0.05) is 0 Å². The lowest BCUT2D eigenvalue weighted by Gasteiger charge is -2.03. The van der Waals surface area contributed by atoms with Gasteiger partial charge in [0.05, 0.1) is 22.7 Å². The molecule has 0 saturated heterocycles. The van der Waals surface area contributed by atoms with E-state index >= 15 is 0 Å². The van der Waals surface area contributed by atoms with Crippen molar-refractivity contribution >= 4 is 58.5 Å². The average molecular weight is 440 g/mol. The van der Waals surface area contributed by atoms with E-state index in [1.54, 1.807) is 59.5 Å². The number of nitrogens with one attached hydrogen (secondary N) is 2. The van der Waals surface area contributed by atoms with Gasteiger partial charge in [0.25, 0.3) is 0 Å². The Morgan fingerprint density at radius 3 is 1.12 bits per heavy atom. The summed E-state index contributed by atoms with van der Waals surface area (Å²) in [4.78, 5) is 16.3. The van der Waals surface area contributed by atoms with E-state index in [9.17, 15) is 0 Å². The normalized spacial score (nSPS) is 13.7. The Kier molecular flexibility index (Phi) is 8.80. The molecular weight excluding hydrogens is 420 g/mol. The zero-order chi connectivity index (χ0) is 23.3. The van der Waals surface area contributed by atoms with E-state index in [1.165, 1.54) is 0 Å². The highest BCUT2D eigenvalue weighted by molar-refractivity contribution is 6.40. The van der Waals surface area contributed by atoms with Crippen molar-refractivity contribution in [2.45, 2.75) is 0 Å². The summed E-state index contributed by atoms with van der Waals surface area (Å²) in [6.45, 7) is 0. The molecule has 0 aliphatic carbocycles. The van der Waals surface area contributed by atoms with Gasteiger partial charge in [-0.15, -0.1) is 0 Å². The second-order valence-corrected chi connectivity index (χ2v) is 5.73. The predicted molar refractivity (Wildman–Crippen MR) is 120 cm³/mol. The number of hydroxylamine groups is 2. The van der Waals surface area contributed by atoms with Gasteiger partial charge < -0.3 is 21.9 Å². The second-order valence-electron chi connectivity index (χ2n) is 5.73. The van der Waals surface area contributed by atoms with Crippen LogP contribution in [0.5, 0.6) is 0 Å². The molecule has 0 bridgehead atoms. The lowest BCUT2D eigenvalue weighted by atomic mass is 10.3. The molecule has 0 atom stereocenters. The second kappa shape index (κ2) is 12.0. The number of rotatable bonds is 6. The van der Waals surface area contributed by atoms with Gasteiger partial charge >= 0.3 is 0 Å². The van der Waals surface area contributed by atoms with Gasteiger partial charge in [-0.05, 0) is 48.5 Å². The fourth-order valence-electron chi connectivity index (χ4n) is 2.15. The first-order valence-corrected chi connectivity index (χ1v) is 8.70. The van der Waals surface area contributed by atoms with Crippen LogP contribution in [0.2, 0.25) is 0 Å². The number of amidine groups is 4. The summed E-state index contributed by atoms with van der Waals surface area (Å²) >= 11 is 0. The van der Waals surface area contributed by atoms with Crippen LogP contribution in [0.3, 0.4) is 0 Å². The molecule has 0 radical (unpaired) electrons. The summed E-state index contributed by atoms with van der Waals surface area (Å²) < 4.78 is 0. The SMILES string of the molecule is NC(=Nc1ccc(N=C(/C=N/O)NO)cc1)C(N)=Nc1ccc(N=C(/C=N/O)NO)cc1. The molecule has 0 heterocycles. The smallest absolute Gasteiger partial charge is 0.172 e. The van der Waals surface area contributed by atoms with E-state index in [2.05, 4.69) is 30.3 Å². The highest BCUT2D eigenvalue weighted by Crippen LogP contribution is 2.20. The van der Waals surface area contributed by atoms with E-state index in [4.69, 9.17) is 32.3 Å². The standard InChI is InChI=1S/C18H20N10O4/c19-17(25-13-5-1-11(2-6-13)23-15(27-31)9-21-29)18(20)26-14-7-3-12(4-8-14)24-16(28-32)10-22-30/h1-10,29-32H,(H2,19,25)(H2,20,26)(H,23,27)(H,24,28)/b21-9+,22-10+. The van der Waals surface area contributed by atoms with Gasteiger partial charge in [-0.1, -0.05) is 10.3 Å². The van der Waals surface area contributed by atoms with Gasteiger partial charge in [0.2, 0.25) is 0 Å². The highest BCUT2D eigenvalue weighted by Gasteiger charge is 2.02. The van der Waals surface area contributed by atoms with Crippen molar-refractivity contribution < 1.29 is 20.8 Å². The molecule has 0 aliphatic rings. The fraction of sp³-hybridized carbons (Fsp3) is 0. The van der Waals surface area contributed by atoms with E-state index in [0.717, 1.165) is 12.4 Å². The first-order valence-electron chi connectivity index (χ1n) is 8.70. The lowest BCUT2D eigenvalue weighted by molar-refractivity contribution is 0.236. The summed E-state index contributed by atoms with van der Waals surface area (Å²) in [5, 5.41) is 40.2. The Morgan fingerprint density at radius 1 is 0.594 bits per heavy atom. The summed E-state index contributed by atoms with van der Waals surface area (Å²) in [6.07, 6.45) is 1.85. The molecule has 0 saturated carbocycles. The van der Waals surface area contributed by atoms with Gasteiger partial charge in [-0.2, -0.15) is 0 Å². The van der Waals surface area contributed by atoms with Gasteiger partial charge in [0.1, 0.15) is 12.4 Å². The molecule has 10 N–H and O–H groups in total. The molecule has 0 fully saturated rings. The maximum absolute atomic E-state index is 8.88. The Balaban J connectivity index is 2.14. The monoisotopic (exact) mass is 440 g/mol. The summed E-state index contributed by atoms with van der Waals surface area (Å²) in [5.41, 5.74) is 17.2. The average Bonchev–Trinajstić information content (AvgIpc) is 2.80. The third-order valence-corrected chi connectivity index (χ3v) is 3.55. The van der Waals surface area contributed by atoms with Crippen LogP contribution in [-0.4, -0.2) is 56.6 Å². The van der Waals surface area contributed by atoms with Crippen LogP contribution in [0.4, 0.5) is 22.7 Å². The minimum Gasteiger partial charge on any atom is -0.411 e. The first-order chi connectivity index (χ1) is 15.5. The Bertz CT molecular complexity index is 986. The molecule has 0 amide bonds. The maximum Gasteiger partial charge on any atom is 0.172 e. The molecule has 0 aromatic heterocycles. The van der Waals surface area contributed by atoms with Crippen LogP contribution in [0.25, 0.3) is 0 Å². The number of oxime groups is 2. The van der Waals surface area contributed by atoms with Crippen molar-refractivity contribution in [3.05, 3.63) is 48.5 Å². The van der Waals surface area contributed by atoms with Crippen LogP contribution >= 0.6 is 0 Å². The van der Waals surface area contributed by atoms with E-state index < -0.39 is 0 Å². The number of hydrogen-bond acceptors (Lipinski definition) is 10. The van der Waals surface area contributed by atoms with Crippen molar-refractivity contribution in [2.24, 2.45) is 41.7 Å². The van der Waals surface area contributed by atoms with Crippen molar-refractivity contribution in [1.29, 1.82) is 0 Å². The quantitative estimate of drug-likeness (QED) is 0.141. The minimum atomic E-state index is -0.0678. The molecule has 0 unspecified atom stereocenters. The molecule has 14 nitrogen and oxygen atoms in total. The van der Waals surface area contributed by atoms with E-state index in [-0.39, 0.29) is 23.3 Å². The molecule has 2 rings (SSSR count). The summed E-state index contributed by atoms with van der Waals surface area (Å²) in [5.74, 6) is -0.165. The molecule has 166 valence electrons. The van der Waals surface area contributed by atoms with Crippen LogP contribution in [0.15, 0.2) is 78.8 Å². The summed E-state index contributed by atoms with van der Waals surface area (Å²) in [7, 11) is 0. The van der Waals surface area contributed by atoms with E-state index in [0.29, 0.717) is 22.7 Å². The molecule has 2 aromatic carbocycles. The number of nitrogens with two attached hydrogens (primary N) is 2. The highest BCUT2D eigenvalue weighted by atomic mass is 16.5. The predicted octanol–water partition coefficient (Wildman–Crippen LogP) is 1.30. The van der Waals surface area contributed by atoms with Gasteiger partial charge in [0.15, 0.2) is 23.3 Å². The third kappa shape index (κ3) is 7.21. The zero-order valence-electron chi connectivity index (χ0n) is 16.4. The zero-order valence-corrected chi connectivity index (χ0v) is 16.4. The van der Waals surface area contributed by atoms with Gasteiger partial charge in [-0.25, -0.2) is 20.0 Å². The number of benzene rings is 2. The molecular formula is C18H20N10O4. The van der Waals surface area contributed by atoms with Crippen LogP contribution in [0.1, 0.15) is 0 Å². The fourth-order valence-corrected chi connectivity index (χ4v) is 2.15. The number of hydrogen-bond donors (Lipinski definition) is 8. The Labute approximate surface area is 181 Å². The third-order valence-electron chi connectivity index (χ3n) is 3.55. The minimum absolute atomic E-state index is 0.0144. The van der Waals surface area contributed by atoms with Crippen LogP contribution in [-0.2, 0) is 0 Å². The number of nitrogens with zero attached hydrogens (tertiary/aromatic N) is 6. The Hall–Kier alpha value is -4.82. The number of aliphatic imine (C=N–C) groups is 4. The molecule has 32 heavy (non-hydrogen) atoms. The maximum atomic E-state index is 8.88. The van der Waals surface area contributed by atoms with Crippen LogP contribution in [0, 0.1) is 0 Å². The first kappa shape index (κ1) is 23.5. The Morgan fingerprint density at radius 2 is 0.875 bits per heavy atom. The largest absolute Gasteiger partial charge is 0.411 e. The summed E-state index contributed by atoms with van der Waals surface area (Å²) in [6, 6.07) is 12.8. The molecule has 0 aliphatic heterocycles. The molecule has 0 spiro atoms. The van der Waals surface area contributed by atoms with Crippen molar-refractivity contribution in [3.8, 4) is 0 Å². The van der Waals surface area contributed by atoms with Crippen LogP contribution < -0.4 is 22.4 Å². The van der Waals surface area contributed by atoms with Crippen molar-refractivity contribution in [1.82, 2.24) is 11.0 Å². The van der Waals surface area contributed by atoms with Gasteiger partial charge in [-0.3, -0.25) is 21.4 Å². The molecule has 2 aromatic rings. The topological polar surface area (TPSA) is 231 Å². The van der Waals surface area contributed by atoms with Crippen molar-refractivity contribution in [3.63, 3.8) is 0 Å².